The van der Waals surface area contributed by atoms with E-state index in [0.29, 0.717) is 17.1 Å². The van der Waals surface area contributed by atoms with Crippen LogP contribution < -0.4 is 14.9 Å². The molecule has 0 aliphatic rings. The van der Waals surface area contributed by atoms with Gasteiger partial charge >= 0.3 is 11.6 Å². The van der Waals surface area contributed by atoms with E-state index in [-0.39, 0.29) is 35.4 Å². The summed E-state index contributed by atoms with van der Waals surface area (Å²) in [5.41, 5.74) is 6.47. The molecule has 0 aliphatic carbocycles. The molecule has 1 N–H and O–H groups in total. The Morgan fingerprint density at radius 2 is 1.70 bits per heavy atom. The lowest BCUT2D eigenvalue weighted by Gasteiger charge is -2.10. The highest BCUT2D eigenvalue weighted by atomic mass is 35.5. The van der Waals surface area contributed by atoms with Crippen LogP contribution in [0.3, 0.4) is 0 Å². The van der Waals surface area contributed by atoms with E-state index in [4.69, 9.17) is 25.5 Å². The van der Waals surface area contributed by atoms with Gasteiger partial charge in [0.05, 0.1) is 16.2 Å². The standard InChI is InChI=1S/C32H27ClN4O6/c1-21-8-9-22(2)36(21)25-10-12-26(13-11-25)41-20-27-14-15-30(43-27)32(38)35-34-18-24-16-28(33)31(29(17-24)37(39)40)42-19-23-6-4-3-5-7-23/h3-18H,19-20H2,1-2H3,(H,35,38)/b34-18+. The normalized spacial score (nSPS) is 11.0. The summed E-state index contributed by atoms with van der Waals surface area (Å²) in [5.74, 6) is 0.474. The van der Waals surface area contributed by atoms with E-state index < -0.39 is 10.8 Å². The van der Waals surface area contributed by atoms with Gasteiger partial charge in [-0.05, 0) is 74.0 Å². The summed E-state index contributed by atoms with van der Waals surface area (Å²) in [6.45, 7) is 4.34. The number of rotatable bonds is 11. The maximum atomic E-state index is 12.5. The number of hydrazone groups is 1. The number of nitro benzene ring substituents is 1. The number of carbonyl (C=O) groups is 1. The van der Waals surface area contributed by atoms with Crippen molar-refractivity contribution in [3.8, 4) is 17.2 Å². The first-order valence-electron chi connectivity index (χ1n) is 13.2. The van der Waals surface area contributed by atoms with Gasteiger partial charge in [-0.1, -0.05) is 41.9 Å². The second kappa shape index (κ2) is 13.1. The van der Waals surface area contributed by atoms with Crippen LogP contribution in [0.2, 0.25) is 5.02 Å². The van der Waals surface area contributed by atoms with Crippen LogP contribution in [-0.2, 0) is 13.2 Å². The van der Waals surface area contributed by atoms with E-state index in [1.165, 1.54) is 24.4 Å². The van der Waals surface area contributed by atoms with Crippen molar-refractivity contribution in [1.82, 2.24) is 9.99 Å². The second-order valence-electron chi connectivity index (χ2n) is 9.58. The summed E-state index contributed by atoms with van der Waals surface area (Å²) in [6.07, 6.45) is 1.24. The molecule has 0 atom stereocenters. The lowest BCUT2D eigenvalue weighted by atomic mass is 10.2. The molecule has 0 unspecified atom stereocenters. The third-order valence-electron chi connectivity index (χ3n) is 6.48. The van der Waals surface area contributed by atoms with Crippen molar-refractivity contribution in [1.29, 1.82) is 0 Å². The summed E-state index contributed by atoms with van der Waals surface area (Å²) in [5, 5.41) is 15.6. The van der Waals surface area contributed by atoms with Crippen molar-refractivity contribution >= 4 is 29.4 Å². The Labute approximate surface area is 252 Å². The fourth-order valence-electron chi connectivity index (χ4n) is 4.40. The van der Waals surface area contributed by atoms with Crippen molar-refractivity contribution in [3.05, 3.63) is 140 Å². The van der Waals surface area contributed by atoms with Crippen LogP contribution in [0.1, 0.15) is 38.8 Å². The van der Waals surface area contributed by atoms with Crippen molar-refractivity contribution < 1.29 is 23.6 Å². The van der Waals surface area contributed by atoms with Gasteiger partial charge in [0.15, 0.2) is 5.76 Å². The molecule has 218 valence electrons. The van der Waals surface area contributed by atoms with Gasteiger partial charge < -0.3 is 18.5 Å². The Balaban J connectivity index is 1.16. The number of nitro groups is 1. The fourth-order valence-corrected chi connectivity index (χ4v) is 4.68. The molecule has 0 saturated carbocycles. The lowest BCUT2D eigenvalue weighted by molar-refractivity contribution is -0.385. The van der Waals surface area contributed by atoms with Crippen LogP contribution in [0.25, 0.3) is 5.69 Å². The molecule has 3 aromatic carbocycles. The van der Waals surface area contributed by atoms with E-state index in [0.717, 1.165) is 22.6 Å². The number of furan rings is 1. The molecule has 2 heterocycles. The molecule has 0 bridgehead atoms. The topological polar surface area (TPSA) is 121 Å². The number of amides is 1. The summed E-state index contributed by atoms with van der Waals surface area (Å²) in [4.78, 5) is 23.6. The molecule has 0 saturated heterocycles. The predicted molar refractivity (Wildman–Crippen MR) is 162 cm³/mol. The van der Waals surface area contributed by atoms with E-state index in [1.54, 1.807) is 6.07 Å². The summed E-state index contributed by atoms with van der Waals surface area (Å²) >= 11 is 6.30. The number of benzene rings is 3. The van der Waals surface area contributed by atoms with Crippen molar-refractivity contribution in [2.45, 2.75) is 27.1 Å². The fraction of sp³-hybridized carbons (Fsp3) is 0.125. The van der Waals surface area contributed by atoms with Crippen molar-refractivity contribution in [2.75, 3.05) is 0 Å². The Bertz CT molecular complexity index is 1760. The van der Waals surface area contributed by atoms with Crippen molar-refractivity contribution in [2.24, 2.45) is 5.10 Å². The van der Waals surface area contributed by atoms with Gasteiger partial charge in [0, 0.05) is 28.7 Å². The minimum atomic E-state index is -0.604. The van der Waals surface area contributed by atoms with E-state index in [1.807, 2.05) is 54.6 Å². The molecule has 0 spiro atoms. The van der Waals surface area contributed by atoms with E-state index in [2.05, 4.69) is 41.1 Å². The van der Waals surface area contributed by atoms with E-state index >= 15 is 0 Å². The first-order valence-corrected chi connectivity index (χ1v) is 13.6. The summed E-state index contributed by atoms with van der Waals surface area (Å²) in [7, 11) is 0. The first-order chi connectivity index (χ1) is 20.8. The molecule has 10 nitrogen and oxygen atoms in total. The largest absolute Gasteiger partial charge is 0.486 e. The van der Waals surface area contributed by atoms with Crippen LogP contribution in [0.4, 0.5) is 5.69 Å². The molecule has 2 aromatic heterocycles. The molecule has 11 heteroatoms. The summed E-state index contributed by atoms with van der Waals surface area (Å²) in [6, 6.07) is 26.9. The minimum absolute atomic E-state index is 0.0262. The Hall–Kier alpha value is -5.35. The SMILES string of the molecule is Cc1ccc(C)n1-c1ccc(OCc2ccc(C(=O)N/N=C/c3cc(Cl)c(OCc4ccccc4)c([N+](=O)[O-])c3)o2)cc1. The Kier molecular flexibility index (Phi) is 8.88. The van der Waals surface area contributed by atoms with Crippen molar-refractivity contribution in [3.63, 3.8) is 0 Å². The molecule has 0 radical (unpaired) electrons. The zero-order valence-electron chi connectivity index (χ0n) is 23.3. The summed E-state index contributed by atoms with van der Waals surface area (Å²) < 4.78 is 19.2. The average Bonchev–Trinajstić information content (AvgIpc) is 3.62. The predicted octanol–water partition coefficient (Wildman–Crippen LogP) is 7.17. The van der Waals surface area contributed by atoms with Gasteiger partial charge in [0.1, 0.15) is 24.7 Å². The van der Waals surface area contributed by atoms with Gasteiger partial charge in [-0.15, -0.1) is 0 Å². The molecule has 0 fully saturated rings. The molecular formula is C32H27ClN4O6. The molecule has 43 heavy (non-hydrogen) atoms. The minimum Gasteiger partial charge on any atom is -0.486 e. The number of hydrogen-bond donors (Lipinski definition) is 1. The number of nitrogens with one attached hydrogen (secondary N) is 1. The van der Waals surface area contributed by atoms with E-state index in [9.17, 15) is 14.9 Å². The van der Waals surface area contributed by atoms with Crippen LogP contribution in [0.15, 0.2) is 101 Å². The number of hydrogen-bond acceptors (Lipinski definition) is 7. The number of halogens is 1. The molecule has 1 amide bonds. The Morgan fingerprint density at radius 1 is 0.977 bits per heavy atom. The van der Waals surface area contributed by atoms with Crippen LogP contribution in [-0.4, -0.2) is 21.6 Å². The van der Waals surface area contributed by atoms with Gasteiger partial charge in [-0.2, -0.15) is 5.10 Å². The van der Waals surface area contributed by atoms with Gasteiger partial charge in [-0.3, -0.25) is 14.9 Å². The molecule has 5 rings (SSSR count). The van der Waals surface area contributed by atoms with Gasteiger partial charge in [-0.25, -0.2) is 5.43 Å². The third-order valence-corrected chi connectivity index (χ3v) is 6.76. The maximum absolute atomic E-state index is 12.5. The first kappa shape index (κ1) is 29.2. The van der Waals surface area contributed by atoms with Crippen LogP contribution >= 0.6 is 11.6 Å². The molecule has 0 aliphatic heterocycles. The molecule has 5 aromatic rings. The highest BCUT2D eigenvalue weighted by Crippen LogP contribution is 2.36. The number of ether oxygens (including phenoxy) is 2. The number of aryl methyl sites for hydroxylation is 2. The number of carbonyl (C=O) groups excluding carboxylic acids is 1. The zero-order chi connectivity index (χ0) is 30.3. The van der Waals surface area contributed by atoms with Crippen LogP contribution in [0.5, 0.6) is 11.5 Å². The zero-order valence-corrected chi connectivity index (χ0v) is 24.1. The second-order valence-corrected chi connectivity index (χ2v) is 9.99. The smallest absolute Gasteiger partial charge is 0.313 e. The highest BCUT2D eigenvalue weighted by molar-refractivity contribution is 6.32. The Morgan fingerprint density at radius 3 is 2.40 bits per heavy atom. The third kappa shape index (κ3) is 7.11. The monoisotopic (exact) mass is 598 g/mol. The van der Waals surface area contributed by atoms with Gasteiger partial charge in [0.25, 0.3) is 0 Å². The highest BCUT2D eigenvalue weighted by Gasteiger charge is 2.21. The lowest BCUT2D eigenvalue weighted by Crippen LogP contribution is -2.16. The quantitative estimate of drug-likeness (QED) is 0.0977. The van der Waals surface area contributed by atoms with Crippen LogP contribution in [0, 0.1) is 24.0 Å². The number of nitrogens with zero attached hydrogens (tertiary/aromatic N) is 3. The maximum Gasteiger partial charge on any atom is 0.313 e. The van der Waals surface area contributed by atoms with Gasteiger partial charge in [0.2, 0.25) is 5.75 Å². The average molecular weight is 599 g/mol. The molecular weight excluding hydrogens is 572 g/mol. The number of aromatic nitrogens is 1.